The SMILES string of the molecule is C=CC(=O)Cc1ccc(-c2ccc(Cl)cc2)cc1. The molecule has 18 heavy (non-hydrogen) atoms. The maximum Gasteiger partial charge on any atom is 0.159 e. The molecule has 0 saturated heterocycles. The molecule has 0 bridgehead atoms. The number of hydrogen-bond donors (Lipinski definition) is 0. The molecule has 0 aliphatic rings. The highest BCUT2D eigenvalue weighted by Gasteiger charge is 2.01. The zero-order chi connectivity index (χ0) is 13.0. The lowest BCUT2D eigenvalue weighted by atomic mass is 10.0. The standard InChI is InChI=1S/C16H13ClO/c1-2-16(18)11-12-3-5-13(6-4-12)14-7-9-15(17)10-8-14/h2-10H,1,11H2. The van der Waals surface area contributed by atoms with Crippen molar-refractivity contribution in [1.82, 2.24) is 0 Å². The third-order valence-corrected chi connectivity index (χ3v) is 2.99. The Morgan fingerprint density at radius 1 is 1.00 bits per heavy atom. The molecule has 0 spiro atoms. The van der Waals surface area contributed by atoms with Crippen LogP contribution in [0.5, 0.6) is 0 Å². The molecule has 0 fully saturated rings. The first-order chi connectivity index (χ1) is 8.69. The molecule has 0 aromatic heterocycles. The van der Waals surface area contributed by atoms with E-state index in [2.05, 4.69) is 6.58 Å². The molecule has 0 amide bonds. The quantitative estimate of drug-likeness (QED) is 0.745. The minimum atomic E-state index is 0.0363. The van der Waals surface area contributed by atoms with E-state index in [-0.39, 0.29) is 5.78 Å². The summed E-state index contributed by atoms with van der Waals surface area (Å²) in [7, 11) is 0. The average Bonchev–Trinajstić information content (AvgIpc) is 2.40. The maximum absolute atomic E-state index is 11.2. The maximum atomic E-state index is 11.2. The van der Waals surface area contributed by atoms with Crippen LogP contribution in [0.25, 0.3) is 11.1 Å². The molecule has 0 unspecified atom stereocenters. The molecule has 0 N–H and O–H groups in total. The molecule has 2 heteroatoms. The summed E-state index contributed by atoms with van der Waals surface area (Å²) in [4.78, 5) is 11.2. The van der Waals surface area contributed by atoms with E-state index in [1.54, 1.807) is 0 Å². The number of carbonyl (C=O) groups is 1. The van der Waals surface area contributed by atoms with Crippen LogP contribution in [0.2, 0.25) is 5.02 Å². The van der Waals surface area contributed by atoms with Gasteiger partial charge >= 0.3 is 0 Å². The molecule has 2 rings (SSSR count). The highest BCUT2D eigenvalue weighted by Crippen LogP contribution is 2.22. The summed E-state index contributed by atoms with van der Waals surface area (Å²) in [5.41, 5.74) is 3.22. The lowest BCUT2D eigenvalue weighted by Gasteiger charge is -2.03. The number of allylic oxidation sites excluding steroid dienone is 1. The first-order valence-corrected chi connectivity index (χ1v) is 6.07. The van der Waals surface area contributed by atoms with Gasteiger partial charge < -0.3 is 0 Å². The van der Waals surface area contributed by atoms with Gasteiger partial charge in [-0.2, -0.15) is 0 Å². The fourth-order valence-corrected chi connectivity index (χ4v) is 1.86. The van der Waals surface area contributed by atoms with Gasteiger partial charge in [-0.05, 0) is 34.9 Å². The topological polar surface area (TPSA) is 17.1 Å². The zero-order valence-corrected chi connectivity index (χ0v) is 10.7. The summed E-state index contributed by atoms with van der Waals surface area (Å²) in [6.45, 7) is 3.47. The summed E-state index contributed by atoms with van der Waals surface area (Å²) in [5, 5.41) is 0.729. The van der Waals surface area contributed by atoms with Gasteiger partial charge in [0.15, 0.2) is 5.78 Å². The number of ketones is 1. The highest BCUT2D eigenvalue weighted by molar-refractivity contribution is 6.30. The lowest BCUT2D eigenvalue weighted by Crippen LogP contribution is -1.97. The summed E-state index contributed by atoms with van der Waals surface area (Å²) in [5.74, 6) is 0.0363. The Hall–Kier alpha value is -1.86. The van der Waals surface area contributed by atoms with Crippen LogP contribution in [-0.2, 0) is 11.2 Å². The van der Waals surface area contributed by atoms with Gasteiger partial charge in [0, 0.05) is 11.4 Å². The van der Waals surface area contributed by atoms with E-state index < -0.39 is 0 Å². The van der Waals surface area contributed by atoms with Gasteiger partial charge in [-0.3, -0.25) is 4.79 Å². The number of carbonyl (C=O) groups excluding carboxylic acids is 1. The van der Waals surface area contributed by atoms with Crippen LogP contribution in [0.4, 0.5) is 0 Å². The van der Waals surface area contributed by atoms with Crippen LogP contribution in [-0.4, -0.2) is 5.78 Å². The fraction of sp³-hybridized carbons (Fsp3) is 0.0625. The Morgan fingerprint density at radius 3 is 2.00 bits per heavy atom. The Balaban J connectivity index is 2.19. The van der Waals surface area contributed by atoms with Crippen molar-refractivity contribution in [3.8, 4) is 11.1 Å². The van der Waals surface area contributed by atoms with Gasteiger partial charge in [0.05, 0.1) is 0 Å². The van der Waals surface area contributed by atoms with Crippen molar-refractivity contribution in [1.29, 1.82) is 0 Å². The van der Waals surface area contributed by atoms with E-state index in [4.69, 9.17) is 11.6 Å². The molecule has 0 saturated carbocycles. The second kappa shape index (κ2) is 5.65. The largest absolute Gasteiger partial charge is 0.295 e. The number of benzene rings is 2. The Bertz CT molecular complexity index is 553. The van der Waals surface area contributed by atoms with Gasteiger partial charge in [-0.25, -0.2) is 0 Å². The molecule has 0 heterocycles. The molecule has 0 radical (unpaired) electrons. The van der Waals surface area contributed by atoms with Crippen molar-refractivity contribution in [2.75, 3.05) is 0 Å². The van der Waals surface area contributed by atoms with Crippen molar-refractivity contribution in [2.24, 2.45) is 0 Å². The summed E-state index contributed by atoms with van der Waals surface area (Å²) in [6.07, 6.45) is 1.76. The van der Waals surface area contributed by atoms with Crippen LogP contribution in [0.1, 0.15) is 5.56 Å². The smallest absolute Gasteiger partial charge is 0.159 e. The molecule has 2 aromatic carbocycles. The third kappa shape index (κ3) is 3.08. The van der Waals surface area contributed by atoms with E-state index in [1.165, 1.54) is 6.08 Å². The van der Waals surface area contributed by atoms with E-state index in [0.29, 0.717) is 6.42 Å². The van der Waals surface area contributed by atoms with Gasteiger partial charge in [0.25, 0.3) is 0 Å². The first kappa shape index (κ1) is 12.6. The molecule has 1 nitrogen and oxygen atoms in total. The zero-order valence-electron chi connectivity index (χ0n) is 9.90. The molecular weight excluding hydrogens is 244 g/mol. The van der Waals surface area contributed by atoms with Crippen molar-refractivity contribution < 1.29 is 4.79 Å². The van der Waals surface area contributed by atoms with E-state index in [1.807, 2.05) is 48.5 Å². The van der Waals surface area contributed by atoms with Crippen LogP contribution in [0.15, 0.2) is 61.2 Å². The molecule has 90 valence electrons. The summed E-state index contributed by atoms with van der Waals surface area (Å²) < 4.78 is 0. The van der Waals surface area contributed by atoms with Crippen LogP contribution in [0.3, 0.4) is 0 Å². The summed E-state index contributed by atoms with van der Waals surface area (Å²) >= 11 is 5.85. The fourth-order valence-electron chi connectivity index (χ4n) is 1.73. The predicted octanol–water partition coefficient (Wildman–Crippen LogP) is 4.30. The second-order valence-corrected chi connectivity index (χ2v) is 4.49. The molecule has 0 atom stereocenters. The molecule has 0 aliphatic carbocycles. The van der Waals surface area contributed by atoms with E-state index in [9.17, 15) is 4.79 Å². The highest BCUT2D eigenvalue weighted by atomic mass is 35.5. The lowest BCUT2D eigenvalue weighted by molar-refractivity contribution is -0.114. The third-order valence-electron chi connectivity index (χ3n) is 2.74. The Labute approximate surface area is 112 Å². The van der Waals surface area contributed by atoms with Gasteiger partial charge in [-0.1, -0.05) is 54.6 Å². The van der Waals surface area contributed by atoms with Crippen molar-refractivity contribution in [3.63, 3.8) is 0 Å². The number of halogens is 1. The Morgan fingerprint density at radius 2 is 1.50 bits per heavy atom. The van der Waals surface area contributed by atoms with Crippen molar-refractivity contribution in [3.05, 3.63) is 71.8 Å². The van der Waals surface area contributed by atoms with Crippen molar-refractivity contribution >= 4 is 17.4 Å². The first-order valence-electron chi connectivity index (χ1n) is 5.69. The van der Waals surface area contributed by atoms with Crippen molar-refractivity contribution in [2.45, 2.75) is 6.42 Å². The van der Waals surface area contributed by atoms with Gasteiger partial charge in [0.2, 0.25) is 0 Å². The monoisotopic (exact) mass is 256 g/mol. The van der Waals surface area contributed by atoms with Gasteiger partial charge in [-0.15, -0.1) is 0 Å². The summed E-state index contributed by atoms with van der Waals surface area (Å²) in [6, 6.07) is 15.6. The minimum absolute atomic E-state index is 0.0363. The molecule has 0 aliphatic heterocycles. The van der Waals surface area contributed by atoms with Crippen LogP contribution < -0.4 is 0 Å². The van der Waals surface area contributed by atoms with Gasteiger partial charge in [0.1, 0.15) is 0 Å². The van der Waals surface area contributed by atoms with E-state index >= 15 is 0 Å². The van der Waals surface area contributed by atoms with Crippen LogP contribution >= 0.6 is 11.6 Å². The normalized spacial score (nSPS) is 10.1. The predicted molar refractivity (Wildman–Crippen MR) is 75.8 cm³/mol. The Kier molecular flexibility index (Phi) is 3.96. The number of hydrogen-bond acceptors (Lipinski definition) is 1. The number of rotatable bonds is 4. The molecule has 2 aromatic rings. The van der Waals surface area contributed by atoms with E-state index in [0.717, 1.165) is 21.7 Å². The second-order valence-electron chi connectivity index (χ2n) is 4.05. The molecular formula is C16H13ClO. The minimum Gasteiger partial charge on any atom is -0.295 e. The van der Waals surface area contributed by atoms with Crippen LogP contribution in [0, 0.1) is 0 Å². The average molecular weight is 257 g/mol.